The Balaban J connectivity index is 1.37. The van der Waals surface area contributed by atoms with E-state index in [2.05, 4.69) is 58.5 Å². The highest BCUT2D eigenvalue weighted by Crippen LogP contribution is 2.34. The number of hydrogen-bond acceptors (Lipinski definition) is 4. The molecule has 0 aliphatic carbocycles. The minimum atomic E-state index is 0.371. The molecular weight excluding hydrogens is 430 g/mol. The van der Waals surface area contributed by atoms with E-state index in [0.717, 1.165) is 46.4 Å². The van der Waals surface area contributed by atoms with Gasteiger partial charge in [0, 0.05) is 10.6 Å². The second-order valence-electron chi connectivity index (χ2n) is 8.94. The molecule has 0 radical (unpaired) electrons. The Labute approximate surface area is 200 Å². The third-order valence-electron chi connectivity index (χ3n) is 6.62. The highest BCUT2D eigenvalue weighted by atomic mass is 35.5. The van der Waals surface area contributed by atoms with E-state index in [-0.39, 0.29) is 0 Å². The lowest BCUT2D eigenvalue weighted by Crippen LogP contribution is -2.29. The Bertz CT molecular complexity index is 1260. The normalized spacial score (nSPS) is 15.1. The van der Waals surface area contributed by atoms with E-state index in [4.69, 9.17) is 16.3 Å². The largest absolute Gasteiger partial charge is 0.487 e. The highest BCUT2D eigenvalue weighted by molar-refractivity contribution is 6.30. The van der Waals surface area contributed by atoms with Crippen LogP contribution < -0.4 is 4.74 Å². The fourth-order valence-electron chi connectivity index (χ4n) is 4.68. The molecule has 0 bridgehead atoms. The maximum absolute atomic E-state index is 6.18. The predicted octanol–water partition coefficient (Wildman–Crippen LogP) is 6.65. The van der Waals surface area contributed by atoms with E-state index in [9.17, 15) is 0 Å². The molecule has 0 unspecified atom stereocenters. The van der Waals surface area contributed by atoms with Crippen molar-refractivity contribution in [1.82, 2.24) is 15.1 Å². The van der Waals surface area contributed by atoms with Gasteiger partial charge in [0.15, 0.2) is 0 Å². The van der Waals surface area contributed by atoms with Crippen LogP contribution in [0, 0.1) is 6.92 Å². The fraction of sp³-hybridized carbons (Fsp3) is 0.286. The quantitative estimate of drug-likeness (QED) is 0.336. The molecule has 5 rings (SSSR count). The molecule has 168 valence electrons. The Morgan fingerprint density at radius 1 is 0.970 bits per heavy atom. The first-order chi connectivity index (χ1) is 16.1. The molecule has 4 nitrogen and oxygen atoms in total. The van der Waals surface area contributed by atoms with Crippen molar-refractivity contribution in [2.45, 2.75) is 32.3 Å². The molecule has 5 heteroatoms. The molecule has 0 spiro atoms. The van der Waals surface area contributed by atoms with Gasteiger partial charge in [-0.3, -0.25) is 0 Å². The summed E-state index contributed by atoms with van der Waals surface area (Å²) in [5, 5.41) is 12.0. The minimum absolute atomic E-state index is 0.371. The Morgan fingerprint density at radius 3 is 2.55 bits per heavy atom. The van der Waals surface area contributed by atoms with Crippen molar-refractivity contribution in [2.75, 3.05) is 20.1 Å². The van der Waals surface area contributed by atoms with Gasteiger partial charge < -0.3 is 9.64 Å². The van der Waals surface area contributed by atoms with E-state index in [1.165, 1.54) is 29.2 Å². The van der Waals surface area contributed by atoms with Crippen molar-refractivity contribution < 1.29 is 4.74 Å². The van der Waals surface area contributed by atoms with Gasteiger partial charge in [-0.05, 0) is 98.1 Å². The third-order valence-corrected chi connectivity index (χ3v) is 6.87. The van der Waals surface area contributed by atoms with Gasteiger partial charge in [-0.15, -0.1) is 0 Å². The number of rotatable bonds is 5. The molecule has 1 aliphatic rings. The Morgan fingerprint density at radius 2 is 1.76 bits per heavy atom. The number of ether oxygens (including phenoxy) is 1. The molecule has 0 atom stereocenters. The topological polar surface area (TPSA) is 38.3 Å². The van der Waals surface area contributed by atoms with E-state index in [1.54, 1.807) is 0 Å². The zero-order valence-electron chi connectivity index (χ0n) is 19.1. The lowest BCUT2D eigenvalue weighted by Gasteiger charge is -2.30. The molecule has 3 aromatic carbocycles. The van der Waals surface area contributed by atoms with Crippen molar-refractivity contribution >= 4 is 22.4 Å². The zero-order chi connectivity index (χ0) is 22.8. The maximum atomic E-state index is 6.18. The predicted molar refractivity (Wildman–Crippen MR) is 135 cm³/mol. The summed E-state index contributed by atoms with van der Waals surface area (Å²) in [6.45, 7) is 4.64. The van der Waals surface area contributed by atoms with Crippen molar-refractivity contribution in [3.05, 3.63) is 88.7 Å². The molecule has 0 amide bonds. The molecule has 1 saturated heterocycles. The van der Waals surface area contributed by atoms with Crippen molar-refractivity contribution in [3.63, 3.8) is 0 Å². The molecular formula is C28H28ClN3O. The Hall–Kier alpha value is -2.95. The summed E-state index contributed by atoms with van der Waals surface area (Å²) in [5.41, 5.74) is 5.24. The summed E-state index contributed by atoms with van der Waals surface area (Å²) in [5.74, 6) is 1.46. The molecule has 33 heavy (non-hydrogen) atoms. The van der Waals surface area contributed by atoms with Gasteiger partial charge >= 0.3 is 0 Å². The summed E-state index contributed by atoms with van der Waals surface area (Å²) in [6, 6.07) is 22.9. The number of aryl methyl sites for hydroxylation is 1. The number of aromatic nitrogens is 2. The molecule has 1 fully saturated rings. The summed E-state index contributed by atoms with van der Waals surface area (Å²) in [4.78, 5) is 2.41. The van der Waals surface area contributed by atoms with Gasteiger partial charge in [0.2, 0.25) is 0 Å². The third kappa shape index (κ3) is 4.87. The van der Waals surface area contributed by atoms with Crippen LogP contribution in [0.2, 0.25) is 5.02 Å². The van der Waals surface area contributed by atoms with Gasteiger partial charge in [-0.2, -0.15) is 10.2 Å². The van der Waals surface area contributed by atoms with Crippen LogP contribution in [-0.4, -0.2) is 35.2 Å². The van der Waals surface area contributed by atoms with Crippen LogP contribution in [-0.2, 0) is 6.61 Å². The summed E-state index contributed by atoms with van der Waals surface area (Å²) >= 11 is 6.05. The van der Waals surface area contributed by atoms with Crippen LogP contribution in [0.5, 0.6) is 5.75 Å². The molecule has 1 aromatic heterocycles. The second-order valence-corrected chi connectivity index (χ2v) is 9.37. The fourth-order valence-corrected chi connectivity index (χ4v) is 4.81. The van der Waals surface area contributed by atoms with Crippen molar-refractivity contribution in [3.8, 4) is 16.9 Å². The highest BCUT2D eigenvalue weighted by Gasteiger charge is 2.20. The molecule has 0 saturated carbocycles. The van der Waals surface area contributed by atoms with Crippen LogP contribution >= 0.6 is 11.6 Å². The average Bonchev–Trinajstić information content (AvgIpc) is 2.84. The van der Waals surface area contributed by atoms with Gasteiger partial charge in [-0.25, -0.2) is 0 Å². The summed E-state index contributed by atoms with van der Waals surface area (Å²) < 4.78 is 6.18. The first-order valence-electron chi connectivity index (χ1n) is 11.5. The molecule has 2 heterocycles. The van der Waals surface area contributed by atoms with Gasteiger partial charge in [-0.1, -0.05) is 48.0 Å². The van der Waals surface area contributed by atoms with E-state index in [1.807, 2.05) is 37.3 Å². The minimum Gasteiger partial charge on any atom is -0.487 e. The van der Waals surface area contributed by atoms with E-state index >= 15 is 0 Å². The van der Waals surface area contributed by atoms with Crippen LogP contribution in [0.25, 0.3) is 21.9 Å². The maximum Gasteiger partial charge on any atom is 0.132 e. The van der Waals surface area contributed by atoms with Crippen molar-refractivity contribution in [2.24, 2.45) is 0 Å². The van der Waals surface area contributed by atoms with Gasteiger partial charge in [0.25, 0.3) is 0 Å². The average molecular weight is 458 g/mol. The van der Waals surface area contributed by atoms with Crippen LogP contribution in [0.1, 0.15) is 35.7 Å². The lowest BCUT2D eigenvalue weighted by molar-refractivity contribution is 0.256. The second kappa shape index (κ2) is 9.50. The number of halogens is 1. The molecule has 1 aliphatic heterocycles. The molecule has 4 aromatic rings. The number of likely N-dealkylation sites (tertiary alicyclic amines) is 1. The number of benzene rings is 3. The van der Waals surface area contributed by atoms with Crippen LogP contribution in [0.4, 0.5) is 0 Å². The number of hydrogen-bond donors (Lipinski definition) is 0. The van der Waals surface area contributed by atoms with Crippen LogP contribution in [0.3, 0.4) is 0 Å². The standard InChI is InChI=1S/C28H28ClN3O/c1-19-27(21-6-9-23(29)10-7-21)16-24(31-30-19)18-33-25-11-8-20-4-3-5-26(28(20)17-25)22-12-14-32(2)15-13-22/h3-11,16-17,22H,12-15,18H2,1-2H3. The Kier molecular flexibility index (Phi) is 6.30. The first kappa shape index (κ1) is 21.9. The first-order valence-corrected chi connectivity index (χ1v) is 11.9. The summed E-state index contributed by atoms with van der Waals surface area (Å²) in [6.07, 6.45) is 2.40. The number of fused-ring (bicyclic) bond motifs is 1. The van der Waals surface area contributed by atoms with Crippen LogP contribution in [0.15, 0.2) is 66.7 Å². The SMILES string of the molecule is Cc1nnc(COc2ccc3cccc(C4CCN(C)CC4)c3c2)cc1-c1ccc(Cl)cc1. The van der Waals surface area contributed by atoms with Crippen molar-refractivity contribution in [1.29, 1.82) is 0 Å². The van der Waals surface area contributed by atoms with Gasteiger partial charge in [0.1, 0.15) is 18.1 Å². The zero-order valence-corrected chi connectivity index (χ0v) is 19.8. The van der Waals surface area contributed by atoms with Gasteiger partial charge in [0.05, 0.1) is 5.69 Å². The smallest absolute Gasteiger partial charge is 0.132 e. The lowest BCUT2D eigenvalue weighted by atomic mass is 9.86. The number of piperidine rings is 1. The van der Waals surface area contributed by atoms with E-state index in [0.29, 0.717) is 12.5 Å². The molecule has 0 N–H and O–H groups in total. The monoisotopic (exact) mass is 457 g/mol. The summed E-state index contributed by atoms with van der Waals surface area (Å²) in [7, 11) is 2.21. The van der Waals surface area contributed by atoms with E-state index < -0.39 is 0 Å². The number of nitrogens with zero attached hydrogens (tertiary/aromatic N) is 3.